The number of nitrogens with zero attached hydrogens (tertiary/aromatic N) is 1. The standard InChI is InChI=1S/C16H24ClNO3/c1-19-15-4-3-13(11-16(15)20-2)12-18-8-5-14(6-9-18)21-10-7-17/h3-4,11,14H,5-10,12H2,1-2H3. The van der Waals surface area contributed by atoms with Gasteiger partial charge >= 0.3 is 0 Å². The number of benzene rings is 1. The molecule has 1 aromatic rings. The molecule has 1 heterocycles. The van der Waals surface area contributed by atoms with Gasteiger partial charge in [-0.1, -0.05) is 6.07 Å². The topological polar surface area (TPSA) is 30.9 Å². The van der Waals surface area contributed by atoms with Gasteiger partial charge in [-0.05, 0) is 30.5 Å². The highest BCUT2D eigenvalue weighted by Gasteiger charge is 2.19. The quantitative estimate of drug-likeness (QED) is 0.724. The highest BCUT2D eigenvalue weighted by Crippen LogP contribution is 2.28. The molecular formula is C16H24ClNO3. The molecule has 2 rings (SSSR count). The predicted molar refractivity (Wildman–Crippen MR) is 84.5 cm³/mol. The first-order valence-corrected chi connectivity index (χ1v) is 7.91. The summed E-state index contributed by atoms with van der Waals surface area (Å²) in [6, 6.07) is 6.11. The van der Waals surface area contributed by atoms with Crippen molar-refractivity contribution in [1.82, 2.24) is 4.90 Å². The molecule has 0 amide bonds. The highest BCUT2D eigenvalue weighted by molar-refractivity contribution is 6.17. The van der Waals surface area contributed by atoms with E-state index in [0.29, 0.717) is 18.6 Å². The molecule has 0 spiro atoms. The van der Waals surface area contributed by atoms with Crippen molar-refractivity contribution in [2.75, 3.05) is 39.8 Å². The van der Waals surface area contributed by atoms with Crippen molar-refractivity contribution < 1.29 is 14.2 Å². The largest absolute Gasteiger partial charge is 0.493 e. The third kappa shape index (κ3) is 4.77. The van der Waals surface area contributed by atoms with Gasteiger partial charge in [0.05, 0.1) is 26.9 Å². The summed E-state index contributed by atoms with van der Waals surface area (Å²) in [5.41, 5.74) is 1.24. The number of alkyl halides is 1. The van der Waals surface area contributed by atoms with Gasteiger partial charge in [0.15, 0.2) is 11.5 Å². The Morgan fingerprint density at radius 3 is 2.48 bits per heavy atom. The minimum absolute atomic E-state index is 0.366. The molecule has 118 valence electrons. The number of hydrogen-bond acceptors (Lipinski definition) is 4. The lowest BCUT2D eigenvalue weighted by atomic mass is 10.1. The Morgan fingerprint density at radius 2 is 1.86 bits per heavy atom. The zero-order valence-electron chi connectivity index (χ0n) is 12.8. The fraction of sp³-hybridized carbons (Fsp3) is 0.625. The Balaban J connectivity index is 1.86. The van der Waals surface area contributed by atoms with Crippen LogP contribution in [0, 0.1) is 0 Å². The fourth-order valence-electron chi connectivity index (χ4n) is 2.68. The zero-order valence-corrected chi connectivity index (χ0v) is 13.6. The molecule has 0 unspecified atom stereocenters. The Kier molecular flexibility index (Phi) is 6.61. The van der Waals surface area contributed by atoms with Gasteiger partial charge in [-0.15, -0.1) is 11.6 Å². The van der Waals surface area contributed by atoms with Crippen LogP contribution in [0.5, 0.6) is 11.5 Å². The molecule has 4 nitrogen and oxygen atoms in total. The van der Waals surface area contributed by atoms with Crippen LogP contribution in [0.3, 0.4) is 0 Å². The number of piperidine rings is 1. The number of likely N-dealkylation sites (tertiary alicyclic amines) is 1. The first-order chi connectivity index (χ1) is 10.3. The van der Waals surface area contributed by atoms with E-state index in [1.165, 1.54) is 5.56 Å². The maximum Gasteiger partial charge on any atom is 0.161 e. The summed E-state index contributed by atoms with van der Waals surface area (Å²) in [6.45, 7) is 3.70. The van der Waals surface area contributed by atoms with Crippen molar-refractivity contribution in [2.45, 2.75) is 25.5 Å². The van der Waals surface area contributed by atoms with Crippen LogP contribution < -0.4 is 9.47 Å². The van der Waals surface area contributed by atoms with Gasteiger partial charge in [0.25, 0.3) is 0 Å². The van der Waals surface area contributed by atoms with Crippen molar-refractivity contribution >= 4 is 11.6 Å². The van der Waals surface area contributed by atoms with E-state index in [0.717, 1.165) is 44.0 Å². The fourth-order valence-corrected chi connectivity index (χ4v) is 2.77. The molecule has 1 aliphatic heterocycles. The SMILES string of the molecule is COc1ccc(CN2CCC(OCCCl)CC2)cc1OC. The Labute approximate surface area is 131 Å². The van der Waals surface area contributed by atoms with E-state index in [9.17, 15) is 0 Å². The van der Waals surface area contributed by atoms with Crippen molar-refractivity contribution in [3.63, 3.8) is 0 Å². The molecule has 1 fully saturated rings. The van der Waals surface area contributed by atoms with Crippen molar-refractivity contribution in [2.24, 2.45) is 0 Å². The lowest BCUT2D eigenvalue weighted by molar-refractivity contribution is 0.0134. The number of halogens is 1. The maximum absolute atomic E-state index is 5.70. The third-order valence-electron chi connectivity index (χ3n) is 3.82. The van der Waals surface area contributed by atoms with Crippen LogP contribution in [0.4, 0.5) is 0 Å². The molecule has 0 saturated carbocycles. The molecule has 0 aliphatic carbocycles. The molecular weight excluding hydrogens is 290 g/mol. The molecule has 1 aromatic carbocycles. The van der Waals surface area contributed by atoms with E-state index in [1.54, 1.807) is 14.2 Å². The summed E-state index contributed by atoms with van der Waals surface area (Å²) in [6.07, 6.45) is 2.51. The second-order valence-electron chi connectivity index (χ2n) is 5.22. The summed E-state index contributed by atoms with van der Waals surface area (Å²) < 4.78 is 16.3. The lowest BCUT2D eigenvalue weighted by Crippen LogP contribution is -2.36. The van der Waals surface area contributed by atoms with E-state index in [1.807, 2.05) is 6.07 Å². The maximum atomic E-state index is 5.70. The van der Waals surface area contributed by atoms with E-state index in [2.05, 4.69) is 17.0 Å². The minimum atomic E-state index is 0.366. The van der Waals surface area contributed by atoms with Crippen molar-refractivity contribution in [3.8, 4) is 11.5 Å². The second kappa shape index (κ2) is 8.47. The average molecular weight is 314 g/mol. The van der Waals surface area contributed by atoms with Crippen molar-refractivity contribution in [1.29, 1.82) is 0 Å². The third-order valence-corrected chi connectivity index (χ3v) is 3.97. The van der Waals surface area contributed by atoms with Gasteiger partial charge in [0.2, 0.25) is 0 Å². The van der Waals surface area contributed by atoms with Gasteiger partial charge in [-0.3, -0.25) is 4.90 Å². The lowest BCUT2D eigenvalue weighted by Gasteiger charge is -2.31. The summed E-state index contributed by atoms with van der Waals surface area (Å²) in [7, 11) is 3.32. The van der Waals surface area contributed by atoms with Crippen LogP contribution in [0.15, 0.2) is 18.2 Å². The molecule has 0 aromatic heterocycles. The Morgan fingerprint density at radius 1 is 1.14 bits per heavy atom. The van der Waals surface area contributed by atoms with E-state index in [-0.39, 0.29) is 0 Å². The van der Waals surface area contributed by atoms with E-state index >= 15 is 0 Å². The van der Waals surface area contributed by atoms with Gasteiger partial charge in [-0.25, -0.2) is 0 Å². The molecule has 1 aliphatic rings. The molecule has 21 heavy (non-hydrogen) atoms. The number of rotatable bonds is 7. The summed E-state index contributed by atoms with van der Waals surface area (Å²) in [4.78, 5) is 2.45. The van der Waals surface area contributed by atoms with E-state index in [4.69, 9.17) is 25.8 Å². The van der Waals surface area contributed by atoms with Crippen LogP contribution in [-0.2, 0) is 11.3 Å². The molecule has 0 N–H and O–H groups in total. The molecule has 0 radical (unpaired) electrons. The first kappa shape index (κ1) is 16.4. The number of ether oxygens (including phenoxy) is 3. The average Bonchev–Trinajstić information content (AvgIpc) is 2.54. The second-order valence-corrected chi connectivity index (χ2v) is 5.60. The summed E-state index contributed by atoms with van der Waals surface area (Å²) >= 11 is 5.65. The van der Waals surface area contributed by atoms with Gasteiger partial charge < -0.3 is 14.2 Å². The van der Waals surface area contributed by atoms with Crippen LogP contribution in [-0.4, -0.2) is 50.8 Å². The molecule has 1 saturated heterocycles. The summed E-state index contributed by atoms with van der Waals surface area (Å²) in [5.74, 6) is 2.14. The Bertz CT molecular complexity index is 434. The molecule has 0 bridgehead atoms. The zero-order chi connectivity index (χ0) is 15.1. The van der Waals surface area contributed by atoms with Crippen LogP contribution >= 0.6 is 11.6 Å². The predicted octanol–water partition coefficient (Wildman–Crippen LogP) is 2.92. The first-order valence-electron chi connectivity index (χ1n) is 7.37. The smallest absolute Gasteiger partial charge is 0.161 e. The highest BCUT2D eigenvalue weighted by atomic mass is 35.5. The van der Waals surface area contributed by atoms with Gasteiger partial charge in [0.1, 0.15) is 0 Å². The molecule has 5 heteroatoms. The Hall–Kier alpha value is -0.970. The normalized spacial score (nSPS) is 16.9. The monoisotopic (exact) mass is 313 g/mol. The van der Waals surface area contributed by atoms with Gasteiger partial charge in [-0.2, -0.15) is 0 Å². The van der Waals surface area contributed by atoms with E-state index < -0.39 is 0 Å². The number of methoxy groups -OCH3 is 2. The van der Waals surface area contributed by atoms with Gasteiger partial charge in [0, 0.05) is 25.5 Å². The van der Waals surface area contributed by atoms with Crippen molar-refractivity contribution in [3.05, 3.63) is 23.8 Å². The number of hydrogen-bond donors (Lipinski definition) is 0. The van der Waals surface area contributed by atoms with Crippen LogP contribution in [0.25, 0.3) is 0 Å². The van der Waals surface area contributed by atoms with Crippen LogP contribution in [0.1, 0.15) is 18.4 Å². The summed E-state index contributed by atoms with van der Waals surface area (Å²) in [5, 5.41) is 0. The minimum Gasteiger partial charge on any atom is -0.493 e. The molecule has 0 atom stereocenters. The van der Waals surface area contributed by atoms with Crippen LogP contribution in [0.2, 0.25) is 0 Å².